The molecule has 0 aromatic carbocycles. The topological polar surface area (TPSA) is 64.1 Å². The zero-order valence-electron chi connectivity index (χ0n) is 12.7. The summed E-state index contributed by atoms with van der Waals surface area (Å²) in [4.78, 5) is 21.9. The van der Waals surface area contributed by atoms with Gasteiger partial charge in [0.2, 0.25) is 0 Å². The van der Waals surface area contributed by atoms with E-state index in [0.29, 0.717) is 5.92 Å². The van der Waals surface area contributed by atoms with Crippen LogP contribution in [0.3, 0.4) is 0 Å². The second-order valence-electron chi connectivity index (χ2n) is 6.37. The van der Waals surface area contributed by atoms with E-state index in [2.05, 4.69) is 15.3 Å². The molecular formula is C15H19N3O2S. The summed E-state index contributed by atoms with van der Waals surface area (Å²) in [7, 11) is 0. The van der Waals surface area contributed by atoms with Crippen LogP contribution in [0.5, 0.6) is 0 Å². The Morgan fingerprint density at radius 1 is 1.43 bits per heavy atom. The Labute approximate surface area is 127 Å². The number of rotatable bonds is 2. The highest BCUT2D eigenvalue weighted by atomic mass is 32.1. The van der Waals surface area contributed by atoms with Gasteiger partial charge in [-0.3, -0.25) is 5.32 Å². The highest BCUT2D eigenvalue weighted by Crippen LogP contribution is 2.46. The first kappa shape index (κ1) is 14.3. The SMILES string of the molecule is Cc1nc2c(C3CC3)c(NC(=O)OC(C)(C)C)cnc2s1. The molecule has 21 heavy (non-hydrogen) atoms. The van der Waals surface area contributed by atoms with Crippen LogP contribution >= 0.6 is 11.3 Å². The molecule has 5 nitrogen and oxygen atoms in total. The Hall–Kier alpha value is -1.69. The first-order valence-electron chi connectivity index (χ1n) is 7.09. The predicted octanol–water partition coefficient (Wildman–Crippen LogP) is 4.22. The Morgan fingerprint density at radius 3 is 2.76 bits per heavy atom. The van der Waals surface area contributed by atoms with Crippen molar-refractivity contribution < 1.29 is 9.53 Å². The van der Waals surface area contributed by atoms with E-state index in [1.807, 2.05) is 27.7 Å². The van der Waals surface area contributed by atoms with Gasteiger partial charge in [-0.1, -0.05) is 11.3 Å². The first-order chi connectivity index (χ1) is 9.83. The molecule has 2 aromatic rings. The molecule has 0 atom stereocenters. The zero-order valence-corrected chi connectivity index (χ0v) is 13.5. The minimum absolute atomic E-state index is 0.447. The molecular weight excluding hydrogens is 286 g/mol. The fraction of sp³-hybridized carbons (Fsp3) is 0.533. The van der Waals surface area contributed by atoms with Gasteiger partial charge >= 0.3 is 6.09 Å². The van der Waals surface area contributed by atoms with Crippen LogP contribution in [0.25, 0.3) is 10.3 Å². The quantitative estimate of drug-likeness (QED) is 0.902. The van der Waals surface area contributed by atoms with Crippen LogP contribution in [0.2, 0.25) is 0 Å². The van der Waals surface area contributed by atoms with Gasteiger partial charge in [0, 0.05) is 5.56 Å². The number of hydrogen-bond acceptors (Lipinski definition) is 5. The lowest BCUT2D eigenvalue weighted by atomic mass is 10.1. The summed E-state index contributed by atoms with van der Waals surface area (Å²) < 4.78 is 5.32. The van der Waals surface area contributed by atoms with Crippen LogP contribution in [-0.2, 0) is 4.74 Å². The van der Waals surface area contributed by atoms with Crippen molar-refractivity contribution in [3.8, 4) is 0 Å². The summed E-state index contributed by atoms with van der Waals surface area (Å²) >= 11 is 1.58. The summed E-state index contributed by atoms with van der Waals surface area (Å²) in [6.07, 6.45) is 3.55. The highest BCUT2D eigenvalue weighted by molar-refractivity contribution is 7.18. The van der Waals surface area contributed by atoms with Gasteiger partial charge in [-0.15, -0.1) is 0 Å². The second-order valence-corrected chi connectivity index (χ2v) is 7.56. The molecule has 1 saturated carbocycles. The Bertz CT molecular complexity index is 699. The maximum absolute atomic E-state index is 12.0. The number of nitrogens with one attached hydrogen (secondary N) is 1. The minimum Gasteiger partial charge on any atom is -0.444 e. The molecule has 2 aromatic heterocycles. The minimum atomic E-state index is -0.515. The van der Waals surface area contributed by atoms with Gasteiger partial charge in [0.1, 0.15) is 15.9 Å². The first-order valence-corrected chi connectivity index (χ1v) is 7.91. The van der Waals surface area contributed by atoms with E-state index in [1.165, 1.54) is 0 Å². The number of pyridine rings is 1. The van der Waals surface area contributed by atoms with E-state index in [1.54, 1.807) is 17.5 Å². The molecule has 1 aliphatic carbocycles. The largest absolute Gasteiger partial charge is 0.444 e. The molecule has 2 heterocycles. The van der Waals surface area contributed by atoms with E-state index in [4.69, 9.17) is 4.74 Å². The van der Waals surface area contributed by atoms with E-state index >= 15 is 0 Å². The maximum Gasteiger partial charge on any atom is 0.412 e. The number of anilines is 1. The van der Waals surface area contributed by atoms with Crippen LogP contribution in [-0.4, -0.2) is 21.7 Å². The molecule has 3 rings (SSSR count). The fourth-order valence-electron chi connectivity index (χ4n) is 2.30. The molecule has 0 radical (unpaired) electrons. The van der Waals surface area contributed by atoms with Gasteiger partial charge in [-0.25, -0.2) is 14.8 Å². The molecule has 0 spiro atoms. The van der Waals surface area contributed by atoms with Crippen molar-refractivity contribution in [2.24, 2.45) is 0 Å². The normalized spacial score (nSPS) is 15.2. The van der Waals surface area contributed by atoms with Crippen molar-refractivity contribution in [3.05, 3.63) is 16.8 Å². The van der Waals surface area contributed by atoms with Crippen molar-refractivity contribution >= 4 is 33.5 Å². The van der Waals surface area contributed by atoms with E-state index < -0.39 is 11.7 Å². The molecule has 0 unspecified atom stereocenters. The molecule has 0 aliphatic heterocycles. The lowest BCUT2D eigenvalue weighted by molar-refractivity contribution is 0.0636. The number of amides is 1. The van der Waals surface area contributed by atoms with Crippen molar-refractivity contribution in [2.45, 2.75) is 52.1 Å². The molecule has 0 bridgehead atoms. The maximum atomic E-state index is 12.0. The second kappa shape index (κ2) is 4.94. The Balaban J connectivity index is 1.94. The average Bonchev–Trinajstić information content (AvgIpc) is 3.08. The molecule has 0 saturated heterocycles. The van der Waals surface area contributed by atoms with Crippen molar-refractivity contribution in [2.75, 3.05) is 5.32 Å². The molecule has 6 heteroatoms. The number of aryl methyl sites for hydroxylation is 1. The monoisotopic (exact) mass is 305 g/mol. The standard InChI is InChI=1S/C15H19N3O2S/c1-8-17-12-11(9-5-6-9)10(7-16-13(12)21-8)18-14(19)20-15(2,3)4/h7,9H,5-6H2,1-4H3,(H,18,19). The van der Waals surface area contributed by atoms with Gasteiger partial charge in [-0.05, 0) is 46.5 Å². The van der Waals surface area contributed by atoms with Crippen LogP contribution < -0.4 is 5.32 Å². The molecule has 112 valence electrons. The zero-order chi connectivity index (χ0) is 15.2. The van der Waals surface area contributed by atoms with Gasteiger partial charge in [0.05, 0.1) is 16.9 Å². The molecule has 1 N–H and O–H groups in total. The summed E-state index contributed by atoms with van der Waals surface area (Å²) in [5.41, 5.74) is 2.24. The van der Waals surface area contributed by atoms with Gasteiger partial charge in [0.15, 0.2) is 0 Å². The average molecular weight is 305 g/mol. The predicted molar refractivity (Wildman–Crippen MR) is 84.0 cm³/mol. The van der Waals surface area contributed by atoms with Crippen LogP contribution in [0.1, 0.15) is 50.1 Å². The highest BCUT2D eigenvalue weighted by Gasteiger charge is 2.31. The van der Waals surface area contributed by atoms with E-state index in [-0.39, 0.29) is 0 Å². The van der Waals surface area contributed by atoms with Crippen molar-refractivity contribution in [3.63, 3.8) is 0 Å². The smallest absolute Gasteiger partial charge is 0.412 e. The Kier molecular flexibility index (Phi) is 3.36. The number of carbonyl (C=O) groups excluding carboxylic acids is 1. The summed E-state index contributed by atoms with van der Waals surface area (Å²) in [6.45, 7) is 7.52. The number of ether oxygens (including phenoxy) is 1. The summed E-state index contributed by atoms with van der Waals surface area (Å²) in [6, 6.07) is 0. The number of thiazole rings is 1. The van der Waals surface area contributed by atoms with Crippen LogP contribution in [0.15, 0.2) is 6.20 Å². The lowest BCUT2D eigenvalue weighted by Gasteiger charge is -2.20. The third-order valence-corrected chi connectivity index (χ3v) is 4.07. The van der Waals surface area contributed by atoms with Crippen LogP contribution in [0.4, 0.5) is 10.5 Å². The third-order valence-electron chi connectivity index (χ3n) is 3.19. The van der Waals surface area contributed by atoms with Gasteiger partial charge in [-0.2, -0.15) is 0 Å². The third kappa shape index (κ3) is 3.15. The Morgan fingerprint density at radius 2 is 2.14 bits per heavy atom. The van der Waals surface area contributed by atoms with E-state index in [0.717, 1.165) is 39.4 Å². The van der Waals surface area contributed by atoms with E-state index in [9.17, 15) is 4.79 Å². The van der Waals surface area contributed by atoms with Crippen LogP contribution in [0, 0.1) is 6.92 Å². The number of carbonyl (C=O) groups is 1. The fourth-order valence-corrected chi connectivity index (χ4v) is 3.07. The number of aromatic nitrogens is 2. The lowest BCUT2D eigenvalue weighted by Crippen LogP contribution is -2.27. The van der Waals surface area contributed by atoms with Gasteiger partial charge < -0.3 is 4.74 Å². The molecule has 1 fully saturated rings. The number of nitrogens with zero attached hydrogens (tertiary/aromatic N) is 2. The van der Waals surface area contributed by atoms with Crippen molar-refractivity contribution in [1.82, 2.24) is 9.97 Å². The van der Waals surface area contributed by atoms with Crippen molar-refractivity contribution in [1.29, 1.82) is 0 Å². The summed E-state index contributed by atoms with van der Waals surface area (Å²) in [5.74, 6) is 0.474. The molecule has 1 aliphatic rings. The summed E-state index contributed by atoms with van der Waals surface area (Å²) in [5, 5.41) is 3.83. The van der Waals surface area contributed by atoms with Gasteiger partial charge in [0.25, 0.3) is 0 Å². The number of hydrogen-bond donors (Lipinski definition) is 1. The molecule has 1 amide bonds. The number of fused-ring (bicyclic) bond motifs is 1.